The molecule has 74 valence electrons. The second kappa shape index (κ2) is 5.17. The zero-order chi connectivity index (χ0) is 10.4. The maximum Gasteiger partial charge on any atom is 0.199 e. The van der Waals surface area contributed by atoms with Crippen molar-refractivity contribution in [2.24, 2.45) is 0 Å². The Labute approximate surface area is 83.1 Å². The Morgan fingerprint density at radius 2 is 2.43 bits per heavy atom. The lowest BCUT2D eigenvalue weighted by Crippen LogP contribution is -1.78. The molecule has 0 spiro atoms. The highest BCUT2D eigenvalue weighted by Crippen LogP contribution is 2.15. The third kappa shape index (κ3) is 2.42. The van der Waals surface area contributed by atoms with Crippen LogP contribution >= 0.6 is 0 Å². The summed E-state index contributed by atoms with van der Waals surface area (Å²) < 4.78 is 4.78. The largest absolute Gasteiger partial charge is 0.353 e. The van der Waals surface area contributed by atoms with Gasteiger partial charge in [0.1, 0.15) is 5.69 Å². The van der Waals surface area contributed by atoms with Crippen LogP contribution in [0.25, 0.3) is 5.57 Å². The summed E-state index contributed by atoms with van der Waals surface area (Å²) in [4.78, 5) is 10.4. The van der Waals surface area contributed by atoms with Crippen LogP contribution in [0.5, 0.6) is 0 Å². The molecule has 0 aliphatic rings. The zero-order valence-electron chi connectivity index (χ0n) is 8.36. The maximum absolute atomic E-state index is 10.4. The highest BCUT2D eigenvalue weighted by Gasteiger charge is 2.04. The highest BCUT2D eigenvalue weighted by molar-refractivity contribution is 5.76. The monoisotopic (exact) mass is 191 g/mol. The molecule has 14 heavy (non-hydrogen) atoms. The number of carbonyl (C=O) groups is 1. The van der Waals surface area contributed by atoms with Crippen LogP contribution in [0.2, 0.25) is 0 Å². The smallest absolute Gasteiger partial charge is 0.199 e. The lowest BCUT2D eigenvalue weighted by Gasteiger charge is -1.92. The molecule has 0 amide bonds. The van der Waals surface area contributed by atoms with Gasteiger partial charge in [0.15, 0.2) is 12.0 Å². The van der Waals surface area contributed by atoms with E-state index in [0.717, 1.165) is 12.0 Å². The summed E-state index contributed by atoms with van der Waals surface area (Å²) in [7, 11) is 0. The van der Waals surface area contributed by atoms with E-state index in [0.29, 0.717) is 12.0 Å². The van der Waals surface area contributed by atoms with Gasteiger partial charge in [0.05, 0.1) is 0 Å². The molecule has 3 nitrogen and oxygen atoms in total. The summed E-state index contributed by atoms with van der Waals surface area (Å²) in [6.07, 6.45) is 7.54. The SMILES string of the molecule is C/C=C(\C=C/CC)c1cc(C=O)on1. The Morgan fingerprint density at radius 1 is 1.64 bits per heavy atom. The molecule has 0 aromatic carbocycles. The number of rotatable bonds is 4. The number of allylic oxidation sites excluding steroid dienone is 4. The Morgan fingerprint density at radius 3 is 2.93 bits per heavy atom. The molecule has 0 saturated carbocycles. The molecule has 0 unspecified atom stereocenters. The molecule has 0 aliphatic heterocycles. The fraction of sp³-hybridized carbons (Fsp3) is 0.273. The molecular formula is C11H13NO2. The van der Waals surface area contributed by atoms with Crippen LogP contribution in [0.1, 0.15) is 36.5 Å². The van der Waals surface area contributed by atoms with E-state index in [1.807, 2.05) is 25.2 Å². The second-order valence-electron chi connectivity index (χ2n) is 2.79. The van der Waals surface area contributed by atoms with Crippen molar-refractivity contribution >= 4 is 11.9 Å². The summed E-state index contributed by atoms with van der Waals surface area (Å²) in [6, 6.07) is 1.63. The van der Waals surface area contributed by atoms with E-state index in [9.17, 15) is 4.79 Å². The second-order valence-corrected chi connectivity index (χ2v) is 2.79. The van der Waals surface area contributed by atoms with Crippen molar-refractivity contribution in [2.75, 3.05) is 0 Å². The topological polar surface area (TPSA) is 43.1 Å². The number of carbonyl (C=O) groups excluding carboxylic acids is 1. The van der Waals surface area contributed by atoms with Crippen LogP contribution in [0.3, 0.4) is 0 Å². The highest BCUT2D eigenvalue weighted by atomic mass is 16.5. The molecule has 0 saturated heterocycles. The van der Waals surface area contributed by atoms with Gasteiger partial charge in [-0.3, -0.25) is 4.79 Å². The fourth-order valence-electron chi connectivity index (χ4n) is 1.06. The van der Waals surface area contributed by atoms with Gasteiger partial charge in [-0.2, -0.15) is 0 Å². The molecule has 1 rings (SSSR count). The van der Waals surface area contributed by atoms with E-state index in [1.54, 1.807) is 6.07 Å². The molecule has 1 heterocycles. The lowest BCUT2D eigenvalue weighted by molar-refractivity contribution is 0.109. The number of hydrogen-bond acceptors (Lipinski definition) is 3. The molecule has 1 aromatic heterocycles. The fourth-order valence-corrected chi connectivity index (χ4v) is 1.06. The average Bonchev–Trinajstić information content (AvgIpc) is 2.68. The van der Waals surface area contributed by atoms with E-state index in [-0.39, 0.29) is 5.76 Å². The normalized spacial score (nSPS) is 12.3. The van der Waals surface area contributed by atoms with Gasteiger partial charge in [0, 0.05) is 6.07 Å². The number of hydrogen-bond donors (Lipinski definition) is 0. The first-order valence-electron chi connectivity index (χ1n) is 4.57. The summed E-state index contributed by atoms with van der Waals surface area (Å²) in [6.45, 7) is 3.98. The van der Waals surface area contributed by atoms with Gasteiger partial charge < -0.3 is 4.52 Å². The quantitative estimate of drug-likeness (QED) is 0.543. The van der Waals surface area contributed by atoms with Gasteiger partial charge >= 0.3 is 0 Å². The van der Waals surface area contributed by atoms with E-state index >= 15 is 0 Å². The molecule has 3 heteroatoms. The van der Waals surface area contributed by atoms with Crippen molar-refractivity contribution in [3.8, 4) is 0 Å². The van der Waals surface area contributed by atoms with Crippen LogP contribution in [-0.4, -0.2) is 11.4 Å². The minimum atomic E-state index is 0.254. The van der Waals surface area contributed by atoms with Crippen molar-refractivity contribution in [3.63, 3.8) is 0 Å². The van der Waals surface area contributed by atoms with Crippen LogP contribution < -0.4 is 0 Å². The van der Waals surface area contributed by atoms with Crippen molar-refractivity contribution in [1.29, 1.82) is 0 Å². The van der Waals surface area contributed by atoms with Crippen LogP contribution in [0.4, 0.5) is 0 Å². The molecular weight excluding hydrogens is 178 g/mol. The third-order valence-electron chi connectivity index (χ3n) is 1.78. The van der Waals surface area contributed by atoms with Gasteiger partial charge in [-0.25, -0.2) is 0 Å². The first-order chi connectivity index (χ1) is 6.81. The molecule has 1 aromatic rings. The molecule has 0 N–H and O–H groups in total. The van der Waals surface area contributed by atoms with Gasteiger partial charge in [-0.1, -0.05) is 30.3 Å². The van der Waals surface area contributed by atoms with Crippen LogP contribution in [0.15, 0.2) is 28.8 Å². The maximum atomic E-state index is 10.4. The number of nitrogens with zero attached hydrogens (tertiary/aromatic N) is 1. The molecule has 0 atom stereocenters. The minimum Gasteiger partial charge on any atom is -0.353 e. The first-order valence-corrected chi connectivity index (χ1v) is 4.57. The third-order valence-corrected chi connectivity index (χ3v) is 1.78. The Bertz CT molecular complexity index is 361. The van der Waals surface area contributed by atoms with Crippen molar-refractivity contribution in [3.05, 3.63) is 35.7 Å². The predicted octanol–water partition coefficient (Wildman–Crippen LogP) is 2.86. The average molecular weight is 191 g/mol. The standard InChI is InChI=1S/C11H13NO2/c1-3-5-6-9(4-2)11-7-10(8-13)14-12-11/h4-8H,3H2,1-2H3/b6-5-,9-4+. The van der Waals surface area contributed by atoms with Crippen molar-refractivity contribution < 1.29 is 9.32 Å². The van der Waals surface area contributed by atoms with Gasteiger partial charge in [-0.15, -0.1) is 0 Å². The Balaban J connectivity index is 2.90. The Hall–Kier alpha value is -1.64. The van der Waals surface area contributed by atoms with E-state index in [2.05, 4.69) is 12.1 Å². The van der Waals surface area contributed by atoms with E-state index in [4.69, 9.17) is 4.52 Å². The summed E-state index contributed by atoms with van der Waals surface area (Å²) in [5.41, 5.74) is 1.66. The zero-order valence-corrected chi connectivity index (χ0v) is 8.36. The van der Waals surface area contributed by atoms with E-state index < -0.39 is 0 Å². The van der Waals surface area contributed by atoms with Gasteiger partial charge in [0.2, 0.25) is 0 Å². The Kier molecular flexibility index (Phi) is 3.85. The number of aromatic nitrogens is 1. The summed E-state index contributed by atoms with van der Waals surface area (Å²) in [5, 5.41) is 3.79. The summed E-state index contributed by atoms with van der Waals surface area (Å²) in [5.74, 6) is 0.254. The first kappa shape index (κ1) is 10.4. The summed E-state index contributed by atoms with van der Waals surface area (Å²) >= 11 is 0. The minimum absolute atomic E-state index is 0.254. The van der Waals surface area contributed by atoms with Crippen LogP contribution in [0, 0.1) is 0 Å². The number of aldehydes is 1. The van der Waals surface area contributed by atoms with Gasteiger partial charge in [-0.05, 0) is 18.9 Å². The predicted molar refractivity (Wildman–Crippen MR) is 55.0 cm³/mol. The van der Waals surface area contributed by atoms with Crippen molar-refractivity contribution in [2.45, 2.75) is 20.3 Å². The molecule has 0 aliphatic carbocycles. The molecule has 0 fully saturated rings. The van der Waals surface area contributed by atoms with E-state index in [1.165, 1.54) is 0 Å². The molecule has 0 bridgehead atoms. The van der Waals surface area contributed by atoms with Crippen LogP contribution in [-0.2, 0) is 0 Å². The van der Waals surface area contributed by atoms with Gasteiger partial charge in [0.25, 0.3) is 0 Å². The molecule has 0 radical (unpaired) electrons. The lowest BCUT2D eigenvalue weighted by atomic mass is 10.1. The van der Waals surface area contributed by atoms with Crippen molar-refractivity contribution in [1.82, 2.24) is 5.16 Å².